The molecule has 0 spiro atoms. The molecular formula is C12H21N3. The molecule has 1 atom stereocenters. The normalized spacial score (nSPS) is 12.9. The average molecular weight is 207 g/mol. The smallest absolute Gasteiger partial charge is 0.128 e. The molecule has 0 aliphatic heterocycles. The van der Waals surface area contributed by atoms with Crippen molar-refractivity contribution in [3.63, 3.8) is 0 Å². The zero-order valence-electron chi connectivity index (χ0n) is 10.1. The maximum Gasteiger partial charge on any atom is 0.128 e. The van der Waals surface area contributed by atoms with Gasteiger partial charge in [-0.2, -0.15) is 0 Å². The van der Waals surface area contributed by atoms with Crippen molar-refractivity contribution in [2.24, 2.45) is 11.7 Å². The highest BCUT2D eigenvalue weighted by Gasteiger charge is 2.05. The first kappa shape index (κ1) is 12.0. The summed E-state index contributed by atoms with van der Waals surface area (Å²) in [6, 6.07) is 4.13. The predicted molar refractivity (Wildman–Crippen MR) is 64.9 cm³/mol. The molecule has 0 bridgehead atoms. The Balaban J connectivity index is 2.71. The number of nitrogens with zero attached hydrogens (tertiary/aromatic N) is 2. The summed E-state index contributed by atoms with van der Waals surface area (Å²) >= 11 is 0. The maximum atomic E-state index is 5.77. The molecule has 0 aromatic carbocycles. The lowest BCUT2D eigenvalue weighted by molar-refractivity contribution is 0.634. The van der Waals surface area contributed by atoms with Crippen LogP contribution in [0.4, 0.5) is 5.82 Å². The van der Waals surface area contributed by atoms with Crippen molar-refractivity contribution in [3.8, 4) is 0 Å². The Bertz CT molecular complexity index is 290. The molecule has 2 N–H and O–H groups in total. The van der Waals surface area contributed by atoms with Crippen LogP contribution in [0.2, 0.25) is 0 Å². The van der Waals surface area contributed by atoms with E-state index in [0.29, 0.717) is 5.92 Å². The van der Waals surface area contributed by atoms with Gasteiger partial charge in [0, 0.05) is 25.8 Å². The van der Waals surface area contributed by atoms with E-state index in [1.165, 1.54) is 0 Å². The SMILES string of the molecule is CC(C)CN(C)c1ccc(C(C)N)cn1. The standard InChI is InChI=1S/C12H21N3/c1-9(2)8-15(4)12-6-5-11(7-14-12)10(3)13/h5-7,9-10H,8,13H2,1-4H3. The molecule has 0 aliphatic carbocycles. The summed E-state index contributed by atoms with van der Waals surface area (Å²) in [4.78, 5) is 6.56. The van der Waals surface area contributed by atoms with Gasteiger partial charge in [-0.25, -0.2) is 4.98 Å². The number of rotatable bonds is 4. The average Bonchev–Trinajstić information content (AvgIpc) is 2.17. The Morgan fingerprint density at radius 2 is 2.00 bits per heavy atom. The third-order valence-electron chi connectivity index (χ3n) is 2.33. The van der Waals surface area contributed by atoms with Crippen LogP contribution < -0.4 is 10.6 Å². The predicted octanol–water partition coefficient (Wildman–Crippen LogP) is 2.19. The van der Waals surface area contributed by atoms with Crippen LogP contribution in [-0.4, -0.2) is 18.6 Å². The summed E-state index contributed by atoms with van der Waals surface area (Å²) in [6.07, 6.45) is 1.86. The molecule has 0 saturated heterocycles. The van der Waals surface area contributed by atoms with Crippen LogP contribution >= 0.6 is 0 Å². The minimum absolute atomic E-state index is 0.0574. The van der Waals surface area contributed by atoms with Gasteiger partial charge in [0.2, 0.25) is 0 Å². The number of aromatic nitrogens is 1. The van der Waals surface area contributed by atoms with Crippen molar-refractivity contribution in [2.45, 2.75) is 26.8 Å². The first-order valence-electron chi connectivity index (χ1n) is 5.43. The number of nitrogens with two attached hydrogens (primary N) is 1. The van der Waals surface area contributed by atoms with Crippen LogP contribution in [0.3, 0.4) is 0 Å². The Morgan fingerprint density at radius 3 is 2.40 bits per heavy atom. The number of anilines is 1. The molecule has 0 radical (unpaired) electrons. The lowest BCUT2D eigenvalue weighted by atomic mass is 10.1. The fraction of sp³-hybridized carbons (Fsp3) is 0.583. The molecule has 1 aromatic rings. The summed E-state index contributed by atoms with van der Waals surface area (Å²) in [6.45, 7) is 7.39. The van der Waals surface area contributed by atoms with E-state index in [-0.39, 0.29) is 6.04 Å². The fourth-order valence-corrected chi connectivity index (χ4v) is 1.53. The first-order chi connectivity index (χ1) is 7.00. The summed E-state index contributed by atoms with van der Waals surface area (Å²) in [5.41, 5.74) is 6.85. The second kappa shape index (κ2) is 5.12. The summed E-state index contributed by atoms with van der Waals surface area (Å²) in [5.74, 6) is 1.65. The van der Waals surface area contributed by atoms with Crippen molar-refractivity contribution in [2.75, 3.05) is 18.5 Å². The summed E-state index contributed by atoms with van der Waals surface area (Å²) < 4.78 is 0. The number of hydrogen-bond donors (Lipinski definition) is 1. The van der Waals surface area contributed by atoms with Crippen LogP contribution in [-0.2, 0) is 0 Å². The van der Waals surface area contributed by atoms with Gasteiger partial charge < -0.3 is 10.6 Å². The maximum absolute atomic E-state index is 5.77. The van der Waals surface area contributed by atoms with Gasteiger partial charge in [0.05, 0.1) is 0 Å². The largest absolute Gasteiger partial charge is 0.359 e. The van der Waals surface area contributed by atoms with E-state index in [1.807, 2.05) is 25.3 Å². The van der Waals surface area contributed by atoms with Gasteiger partial charge in [-0.15, -0.1) is 0 Å². The zero-order valence-corrected chi connectivity index (χ0v) is 10.1. The van der Waals surface area contributed by atoms with Gasteiger partial charge in [-0.3, -0.25) is 0 Å². The molecule has 1 heterocycles. The molecule has 84 valence electrons. The molecule has 3 nitrogen and oxygen atoms in total. The third-order valence-corrected chi connectivity index (χ3v) is 2.33. The first-order valence-corrected chi connectivity index (χ1v) is 5.43. The van der Waals surface area contributed by atoms with Crippen LogP contribution in [0.25, 0.3) is 0 Å². The Hall–Kier alpha value is -1.09. The van der Waals surface area contributed by atoms with E-state index in [1.54, 1.807) is 0 Å². The summed E-state index contributed by atoms with van der Waals surface area (Å²) in [7, 11) is 2.06. The van der Waals surface area contributed by atoms with Gasteiger partial charge in [-0.1, -0.05) is 19.9 Å². The van der Waals surface area contributed by atoms with Crippen LogP contribution in [0.5, 0.6) is 0 Å². The number of hydrogen-bond acceptors (Lipinski definition) is 3. The second-order valence-corrected chi connectivity index (χ2v) is 4.51. The molecule has 3 heteroatoms. The van der Waals surface area contributed by atoms with Crippen molar-refractivity contribution in [1.82, 2.24) is 4.98 Å². The van der Waals surface area contributed by atoms with E-state index in [0.717, 1.165) is 17.9 Å². The van der Waals surface area contributed by atoms with E-state index in [9.17, 15) is 0 Å². The molecule has 1 rings (SSSR count). The third kappa shape index (κ3) is 3.51. The molecular weight excluding hydrogens is 186 g/mol. The van der Waals surface area contributed by atoms with Crippen molar-refractivity contribution < 1.29 is 0 Å². The van der Waals surface area contributed by atoms with Crippen molar-refractivity contribution in [1.29, 1.82) is 0 Å². The van der Waals surface area contributed by atoms with Gasteiger partial charge >= 0.3 is 0 Å². The monoisotopic (exact) mass is 207 g/mol. The fourth-order valence-electron chi connectivity index (χ4n) is 1.53. The van der Waals surface area contributed by atoms with E-state index < -0.39 is 0 Å². The Labute approximate surface area is 92.3 Å². The molecule has 1 unspecified atom stereocenters. The van der Waals surface area contributed by atoms with E-state index in [2.05, 4.69) is 30.8 Å². The lowest BCUT2D eigenvalue weighted by Gasteiger charge is -2.20. The topological polar surface area (TPSA) is 42.1 Å². The van der Waals surface area contributed by atoms with Gasteiger partial charge in [0.15, 0.2) is 0 Å². The van der Waals surface area contributed by atoms with Gasteiger partial charge in [0.25, 0.3) is 0 Å². The van der Waals surface area contributed by atoms with E-state index >= 15 is 0 Å². The number of pyridine rings is 1. The van der Waals surface area contributed by atoms with Gasteiger partial charge in [0.1, 0.15) is 5.82 Å². The van der Waals surface area contributed by atoms with Crippen LogP contribution in [0, 0.1) is 5.92 Å². The molecule has 0 fully saturated rings. The molecule has 0 amide bonds. The second-order valence-electron chi connectivity index (χ2n) is 4.51. The Morgan fingerprint density at radius 1 is 1.33 bits per heavy atom. The minimum Gasteiger partial charge on any atom is -0.359 e. The van der Waals surface area contributed by atoms with Crippen molar-refractivity contribution in [3.05, 3.63) is 23.9 Å². The molecule has 1 aromatic heterocycles. The lowest BCUT2D eigenvalue weighted by Crippen LogP contribution is -2.23. The Kier molecular flexibility index (Phi) is 4.09. The highest BCUT2D eigenvalue weighted by atomic mass is 15.2. The quantitative estimate of drug-likeness (QED) is 0.823. The van der Waals surface area contributed by atoms with Crippen LogP contribution in [0.15, 0.2) is 18.3 Å². The zero-order chi connectivity index (χ0) is 11.4. The molecule has 15 heavy (non-hydrogen) atoms. The molecule has 0 aliphatic rings. The van der Waals surface area contributed by atoms with Crippen LogP contribution in [0.1, 0.15) is 32.4 Å². The summed E-state index contributed by atoms with van der Waals surface area (Å²) in [5, 5.41) is 0. The molecule has 0 saturated carbocycles. The van der Waals surface area contributed by atoms with Crippen molar-refractivity contribution >= 4 is 5.82 Å². The highest BCUT2D eigenvalue weighted by Crippen LogP contribution is 2.14. The highest BCUT2D eigenvalue weighted by molar-refractivity contribution is 5.38. The minimum atomic E-state index is 0.0574. The van der Waals surface area contributed by atoms with Gasteiger partial charge in [-0.05, 0) is 24.5 Å². The van der Waals surface area contributed by atoms with E-state index in [4.69, 9.17) is 5.73 Å².